The van der Waals surface area contributed by atoms with E-state index in [-0.39, 0.29) is 23.0 Å². The number of imidazole rings is 1. The van der Waals surface area contributed by atoms with Crippen molar-refractivity contribution < 1.29 is 9.13 Å². The second-order valence-corrected chi connectivity index (χ2v) is 10.7. The van der Waals surface area contributed by atoms with Crippen LogP contribution >= 0.6 is 11.3 Å². The summed E-state index contributed by atoms with van der Waals surface area (Å²) in [6, 6.07) is 3.42. The number of aromatic nitrogens is 4. The summed E-state index contributed by atoms with van der Waals surface area (Å²) in [7, 11) is 0. The molecular weight excluding hydrogens is 413 g/mol. The van der Waals surface area contributed by atoms with Crippen LogP contribution in [-0.2, 0) is 0 Å². The van der Waals surface area contributed by atoms with Gasteiger partial charge in [-0.2, -0.15) is 0 Å². The first-order chi connectivity index (χ1) is 14.6. The largest absolute Gasteiger partial charge is 0.467 e. The van der Waals surface area contributed by atoms with Gasteiger partial charge in [0.1, 0.15) is 11.6 Å². The molecule has 31 heavy (non-hydrogen) atoms. The number of rotatable bonds is 3. The maximum absolute atomic E-state index is 14.5. The molecule has 0 unspecified atom stereocenters. The van der Waals surface area contributed by atoms with Crippen molar-refractivity contribution in [2.75, 3.05) is 0 Å². The Bertz CT molecular complexity index is 1280. The van der Waals surface area contributed by atoms with Crippen LogP contribution in [-0.4, -0.2) is 36.5 Å². The number of ether oxygens (including phenoxy) is 1. The van der Waals surface area contributed by atoms with Crippen LogP contribution in [0.1, 0.15) is 46.2 Å². The molecule has 0 bridgehead atoms. The quantitative estimate of drug-likeness (QED) is 0.479. The van der Waals surface area contributed by atoms with E-state index in [1.165, 1.54) is 17.4 Å². The zero-order valence-corrected chi connectivity index (χ0v) is 19.2. The summed E-state index contributed by atoms with van der Waals surface area (Å²) in [4.78, 5) is 13.4. The van der Waals surface area contributed by atoms with Crippen LogP contribution in [0.2, 0.25) is 0 Å². The molecule has 1 aliphatic heterocycles. The summed E-state index contributed by atoms with van der Waals surface area (Å²) in [6.07, 6.45) is 7.32. The summed E-state index contributed by atoms with van der Waals surface area (Å²) < 4.78 is 23.5. The number of nitrogens with zero attached hydrogens (tertiary/aromatic N) is 4. The van der Waals surface area contributed by atoms with E-state index in [1.54, 1.807) is 16.8 Å². The van der Waals surface area contributed by atoms with Gasteiger partial charge in [0.25, 0.3) is 5.19 Å². The lowest BCUT2D eigenvalue weighted by Gasteiger charge is -2.45. The number of hydrogen-bond donors (Lipinski definition) is 1. The van der Waals surface area contributed by atoms with Crippen molar-refractivity contribution in [2.45, 2.75) is 64.6 Å². The Labute approximate surface area is 184 Å². The van der Waals surface area contributed by atoms with E-state index in [9.17, 15) is 4.39 Å². The van der Waals surface area contributed by atoms with Crippen molar-refractivity contribution in [2.24, 2.45) is 0 Å². The lowest BCUT2D eigenvalue weighted by Crippen LogP contribution is -2.60. The summed E-state index contributed by atoms with van der Waals surface area (Å²) >= 11 is 1.51. The maximum atomic E-state index is 14.5. The number of hydrogen-bond acceptors (Lipinski definition) is 6. The molecule has 1 fully saturated rings. The van der Waals surface area contributed by atoms with Gasteiger partial charge in [0.2, 0.25) is 0 Å². The van der Waals surface area contributed by atoms with Crippen LogP contribution < -0.4 is 10.1 Å². The Balaban J connectivity index is 1.44. The van der Waals surface area contributed by atoms with Gasteiger partial charge in [0.15, 0.2) is 11.5 Å². The van der Waals surface area contributed by atoms with Crippen molar-refractivity contribution in [3.8, 4) is 16.5 Å². The standard InChI is InChI=1S/C23H26FN5OS/c1-13-11-29-12-14(6-16(24)20(29)26-13)17-7-19-18(10-25-17)27-21(31-19)30-15-8-22(2,3)28-23(4,5)9-15/h6-7,10-12,15,28H,8-9H2,1-5H3. The fourth-order valence-electron chi connectivity index (χ4n) is 4.79. The first kappa shape index (κ1) is 20.3. The van der Waals surface area contributed by atoms with Crippen LogP contribution in [0.5, 0.6) is 5.19 Å². The van der Waals surface area contributed by atoms with Gasteiger partial charge in [-0.05, 0) is 46.8 Å². The Morgan fingerprint density at radius 1 is 1.13 bits per heavy atom. The Morgan fingerprint density at radius 3 is 2.61 bits per heavy atom. The minimum atomic E-state index is -0.364. The monoisotopic (exact) mass is 439 g/mol. The summed E-state index contributed by atoms with van der Waals surface area (Å²) in [5.41, 5.74) is 3.28. The highest BCUT2D eigenvalue weighted by Gasteiger charge is 2.39. The second kappa shape index (κ2) is 6.97. The minimum Gasteiger partial charge on any atom is -0.467 e. The van der Waals surface area contributed by atoms with E-state index in [1.807, 2.05) is 19.2 Å². The number of nitrogens with one attached hydrogen (secondary N) is 1. The average Bonchev–Trinajstić information content (AvgIpc) is 3.20. The fourth-order valence-corrected chi connectivity index (χ4v) is 5.68. The molecule has 162 valence electrons. The molecule has 1 N–H and O–H groups in total. The molecule has 0 aliphatic carbocycles. The van der Waals surface area contributed by atoms with E-state index in [0.717, 1.165) is 28.8 Å². The molecule has 0 radical (unpaired) electrons. The third-order valence-corrected chi connectivity index (χ3v) is 6.51. The van der Waals surface area contributed by atoms with Gasteiger partial charge in [0, 0.05) is 41.9 Å². The zero-order chi connectivity index (χ0) is 22.0. The number of aryl methyl sites for hydroxylation is 1. The first-order valence-electron chi connectivity index (χ1n) is 10.4. The Morgan fingerprint density at radius 2 is 1.87 bits per heavy atom. The van der Waals surface area contributed by atoms with Crippen molar-refractivity contribution >= 4 is 27.2 Å². The number of pyridine rings is 2. The number of halogens is 1. The van der Waals surface area contributed by atoms with E-state index < -0.39 is 0 Å². The molecule has 5 heterocycles. The van der Waals surface area contributed by atoms with Crippen LogP contribution in [0, 0.1) is 12.7 Å². The SMILES string of the molecule is Cc1cn2cc(-c3cc4sc(OC5CC(C)(C)NC(C)(C)C5)nc4cn3)cc(F)c2n1. The van der Waals surface area contributed by atoms with Crippen molar-refractivity contribution in [1.82, 2.24) is 24.7 Å². The molecule has 0 saturated carbocycles. The second-order valence-electron chi connectivity index (χ2n) is 9.75. The van der Waals surface area contributed by atoms with Gasteiger partial charge >= 0.3 is 0 Å². The molecule has 8 heteroatoms. The number of piperidine rings is 1. The Kier molecular flexibility index (Phi) is 4.57. The van der Waals surface area contributed by atoms with E-state index in [2.05, 4.69) is 48.0 Å². The minimum absolute atomic E-state index is 0.00617. The summed E-state index contributed by atoms with van der Waals surface area (Å²) in [6.45, 7) is 10.7. The third-order valence-electron chi connectivity index (χ3n) is 5.60. The first-order valence-corrected chi connectivity index (χ1v) is 11.3. The molecule has 6 nitrogen and oxygen atoms in total. The van der Waals surface area contributed by atoms with E-state index >= 15 is 0 Å². The highest BCUT2D eigenvalue weighted by atomic mass is 32.1. The highest BCUT2D eigenvalue weighted by molar-refractivity contribution is 7.20. The van der Waals surface area contributed by atoms with Crippen LogP contribution in [0.4, 0.5) is 4.39 Å². The molecule has 5 rings (SSSR count). The predicted molar refractivity (Wildman–Crippen MR) is 121 cm³/mol. The van der Waals surface area contributed by atoms with Crippen LogP contribution in [0.3, 0.4) is 0 Å². The number of fused-ring (bicyclic) bond motifs is 2. The normalized spacial score (nSPS) is 18.6. The van der Waals surface area contributed by atoms with Crippen molar-refractivity contribution in [3.63, 3.8) is 0 Å². The molecular formula is C23H26FN5OS. The lowest BCUT2D eigenvalue weighted by molar-refractivity contribution is 0.0559. The molecule has 1 aliphatic rings. The molecule has 1 saturated heterocycles. The predicted octanol–water partition coefficient (Wildman–Crippen LogP) is 5.14. The zero-order valence-electron chi connectivity index (χ0n) is 18.4. The topological polar surface area (TPSA) is 64.3 Å². The molecule has 0 spiro atoms. The Hall–Kier alpha value is -2.58. The smallest absolute Gasteiger partial charge is 0.274 e. The maximum Gasteiger partial charge on any atom is 0.274 e. The molecule has 0 atom stereocenters. The number of thiazole rings is 1. The summed E-state index contributed by atoms with van der Waals surface area (Å²) in [5, 5.41) is 4.33. The molecule has 4 aromatic heterocycles. The van der Waals surface area contributed by atoms with E-state index in [4.69, 9.17) is 4.74 Å². The molecule has 4 aromatic rings. The van der Waals surface area contributed by atoms with Gasteiger partial charge < -0.3 is 14.5 Å². The van der Waals surface area contributed by atoms with Crippen molar-refractivity contribution in [1.29, 1.82) is 0 Å². The van der Waals surface area contributed by atoms with Gasteiger partial charge in [0.05, 0.1) is 22.3 Å². The van der Waals surface area contributed by atoms with Gasteiger partial charge in [-0.15, -0.1) is 0 Å². The van der Waals surface area contributed by atoms with E-state index in [0.29, 0.717) is 22.1 Å². The van der Waals surface area contributed by atoms with Crippen molar-refractivity contribution in [3.05, 3.63) is 42.2 Å². The van der Waals surface area contributed by atoms with Crippen LogP contribution in [0.15, 0.2) is 30.7 Å². The molecule has 0 amide bonds. The van der Waals surface area contributed by atoms with Gasteiger partial charge in [-0.25, -0.2) is 14.4 Å². The highest BCUT2D eigenvalue weighted by Crippen LogP contribution is 2.35. The van der Waals surface area contributed by atoms with Gasteiger partial charge in [-0.3, -0.25) is 4.98 Å². The van der Waals surface area contributed by atoms with Crippen LogP contribution in [0.25, 0.3) is 27.1 Å². The van der Waals surface area contributed by atoms with Gasteiger partial charge in [-0.1, -0.05) is 11.3 Å². The summed E-state index contributed by atoms with van der Waals surface area (Å²) in [5.74, 6) is -0.364. The third kappa shape index (κ3) is 4.02. The average molecular weight is 440 g/mol. The lowest BCUT2D eigenvalue weighted by atomic mass is 9.81. The fraction of sp³-hybridized carbons (Fsp3) is 0.435. The molecule has 0 aromatic carbocycles.